The van der Waals surface area contributed by atoms with Gasteiger partial charge in [0.05, 0.1) is 11.6 Å². The molecule has 0 bridgehead atoms. The van der Waals surface area contributed by atoms with E-state index >= 15 is 0 Å². The van der Waals surface area contributed by atoms with E-state index in [1.807, 2.05) is 0 Å². The van der Waals surface area contributed by atoms with E-state index in [-0.39, 0.29) is 10.6 Å². The number of rotatable bonds is 2. The minimum absolute atomic E-state index is 0.183. The summed E-state index contributed by atoms with van der Waals surface area (Å²) < 4.78 is 51.7. The van der Waals surface area contributed by atoms with Crippen LogP contribution in [0.3, 0.4) is 0 Å². The van der Waals surface area contributed by atoms with Crippen molar-refractivity contribution in [3.8, 4) is 0 Å². The van der Waals surface area contributed by atoms with Crippen molar-refractivity contribution in [3.63, 3.8) is 0 Å². The smallest absolute Gasteiger partial charge is 0.320 e. The molecular formula is C15H12ClF4N. The van der Waals surface area contributed by atoms with Gasteiger partial charge in [-0.15, -0.1) is 0 Å². The molecule has 6 heteroatoms. The van der Waals surface area contributed by atoms with E-state index in [4.69, 9.17) is 17.3 Å². The standard InChI is InChI=1S/C15H12ClF4N/c1-8-6-9(15(18,19)20)2-4-11(8)14(21)12-5-3-10(16)7-13(12)17/h2-7,14H,21H2,1H3. The van der Waals surface area contributed by atoms with Crippen LogP contribution in [0.1, 0.15) is 28.3 Å². The lowest BCUT2D eigenvalue weighted by Crippen LogP contribution is -2.16. The highest BCUT2D eigenvalue weighted by molar-refractivity contribution is 6.30. The zero-order valence-electron chi connectivity index (χ0n) is 11.0. The van der Waals surface area contributed by atoms with Crippen LogP contribution in [0.2, 0.25) is 5.02 Å². The van der Waals surface area contributed by atoms with Crippen LogP contribution in [-0.2, 0) is 6.18 Å². The summed E-state index contributed by atoms with van der Waals surface area (Å²) in [6, 6.07) is 6.40. The third kappa shape index (κ3) is 3.36. The summed E-state index contributed by atoms with van der Waals surface area (Å²) in [5, 5.41) is 0.229. The van der Waals surface area contributed by atoms with Gasteiger partial charge in [-0.3, -0.25) is 0 Å². The zero-order chi connectivity index (χ0) is 15.8. The Labute approximate surface area is 124 Å². The van der Waals surface area contributed by atoms with E-state index in [0.717, 1.165) is 18.2 Å². The Bertz CT molecular complexity index is 667. The SMILES string of the molecule is Cc1cc(C(F)(F)F)ccc1C(N)c1ccc(Cl)cc1F. The van der Waals surface area contributed by atoms with Crippen LogP contribution in [0.4, 0.5) is 17.6 Å². The molecule has 0 amide bonds. The summed E-state index contributed by atoms with van der Waals surface area (Å²) in [4.78, 5) is 0. The lowest BCUT2D eigenvalue weighted by atomic mass is 9.94. The molecule has 1 nitrogen and oxygen atoms in total. The number of nitrogens with two attached hydrogens (primary N) is 1. The van der Waals surface area contributed by atoms with Gasteiger partial charge in [0.2, 0.25) is 0 Å². The average molecular weight is 318 g/mol. The minimum atomic E-state index is -4.42. The predicted octanol–water partition coefficient (Wildman–Crippen LogP) is 4.85. The fraction of sp³-hybridized carbons (Fsp3) is 0.200. The Balaban J connectivity index is 2.42. The molecule has 1 unspecified atom stereocenters. The van der Waals surface area contributed by atoms with E-state index < -0.39 is 23.6 Å². The molecule has 0 fully saturated rings. The first-order valence-corrected chi connectivity index (χ1v) is 6.46. The molecule has 0 radical (unpaired) electrons. The molecule has 2 rings (SSSR count). The molecule has 0 aromatic heterocycles. The van der Waals surface area contributed by atoms with Crippen molar-refractivity contribution in [3.05, 3.63) is 69.5 Å². The van der Waals surface area contributed by atoms with Gasteiger partial charge in [-0.1, -0.05) is 23.7 Å². The summed E-state index contributed by atoms with van der Waals surface area (Å²) in [5.41, 5.74) is 6.18. The van der Waals surface area contributed by atoms with Gasteiger partial charge < -0.3 is 5.73 Å². The molecule has 2 aromatic rings. The summed E-state index contributed by atoms with van der Waals surface area (Å²) in [6.45, 7) is 1.51. The van der Waals surface area contributed by atoms with E-state index in [1.54, 1.807) is 0 Å². The Hall–Kier alpha value is -1.59. The van der Waals surface area contributed by atoms with Crippen molar-refractivity contribution in [1.29, 1.82) is 0 Å². The fourth-order valence-corrected chi connectivity index (χ4v) is 2.28. The van der Waals surface area contributed by atoms with Gasteiger partial charge in [-0.2, -0.15) is 13.2 Å². The second-order valence-electron chi connectivity index (χ2n) is 4.71. The average Bonchev–Trinajstić information content (AvgIpc) is 2.36. The summed E-state index contributed by atoms with van der Waals surface area (Å²) >= 11 is 5.66. The Kier molecular flexibility index (Phi) is 4.25. The molecular weight excluding hydrogens is 306 g/mol. The molecule has 0 saturated carbocycles. The van der Waals surface area contributed by atoms with Crippen molar-refractivity contribution in [2.24, 2.45) is 5.73 Å². The number of halogens is 5. The third-order valence-corrected chi connectivity index (χ3v) is 3.46. The van der Waals surface area contributed by atoms with E-state index in [2.05, 4.69) is 0 Å². The number of benzene rings is 2. The van der Waals surface area contributed by atoms with Gasteiger partial charge in [-0.05, 0) is 42.3 Å². The van der Waals surface area contributed by atoms with Crippen LogP contribution in [0.15, 0.2) is 36.4 Å². The number of hydrogen-bond acceptors (Lipinski definition) is 1. The Morgan fingerprint density at radius 2 is 1.67 bits per heavy atom. The summed E-state index contributed by atoms with van der Waals surface area (Å²) in [6.07, 6.45) is -4.42. The lowest BCUT2D eigenvalue weighted by Gasteiger charge is -2.17. The maximum Gasteiger partial charge on any atom is 0.416 e. The van der Waals surface area contributed by atoms with Gasteiger partial charge in [0.15, 0.2) is 0 Å². The number of hydrogen-bond donors (Lipinski definition) is 1. The Morgan fingerprint density at radius 3 is 2.19 bits per heavy atom. The molecule has 2 aromatic carbocycles. The van der Waals surface area contributed by atoms with Crippen LogP contribution < -0.4 is 5.73 Å². The minimum Gasteiger partial charge on any atom is -0.320 e. The van der Waals surface area contributed by atoms with Gasteiger partial charge in [-0.25, -0.2) is 4.39 Å². The van der Waals surface area contributed by atoms with Crippen molar-refractivity contribution >= 4 is 11.6 Å². The molecule has 2 N–H and O–H groups in total. The van der Waals surface area contributed by atoms with Gasteiger partial charge in [0.25, 0.3) is 0 Å². The Morgan fingerprint density at radius 1 is 1.05 bits per heavy atom. The molecule has 21 heavy (non-hydrogen) atoms. The van der Waals surface area contributed by atoms with Crippen molar-refractivity contribution < 1.29 is 17.6 Å². The highest BCUT2D eigenvalue weighted by Crippen LogP contribution is 2.33. The lowest BCUT2D eigenvalue weighted by molar-refractivity contribution is -0.137. The van der Waals surface area contributed by atoms with Crippen molar-refractivity contribution in [2.45, 2.75) is 19.1 Å². The maximum absolute atomic E-state index is 13.8. The zero-order valence-corrected chi connectivity index (χ0v) is 11.8. The van der Waals surface area contributed by atoms with Crippen LogP contribution >= 0.6 is 11.6 Å². The first-order chi connectivity index (χ1) is 9.70. The number of alkyl halides is 3. The summed E-state index contributed by atoms with van der Waals surface area (Å²) in [5.74, 6) is -0.589. The van der Waals surface area contributed by atoms with E-state index in [1.165, 1.54) is 25.1 Å². The second-order valence-corrected chi connectivity index (χ2v) is 5.15. The highest BCUT2D eigenvalue weighted by Gasteiger charge is 2.31. The second kappa shape index (κ2) is 5.66. The van der Waals surface area contributed by atoms with Crippen molar-refractivity contribution in [2.75, 3.05) is 0 Å². The quantitative estimate of drug-likeness (QED) is 0.787. The van der Waals surface area contributed by atoms with Gasteiger partial charge in [0.1, 0.15) is 5.82 Å². The predicted molar refractivity (Wildman–Crippen MR) is 73.6 cm³/mol. The normalized spacial score (nSPS) is 13.3. The fourth-order valence-electron chi connectivity index (χ4n) is 2.12. The molecule has 1 atom stereocenters. The van der Waals surface area contributed by atoms with Crippen molar-refractivity contribution in [1.82, 2.24) is 0 Å². The molecule has 112 valence electrons. The third-order valence-electron chi connectivity index (χ3n) is 3.23. The number of aryl methyl sites for hydroxylation is 1. The largest absolute Gasteiger partial charge is 0.416 e. The first-order valence-electron chi connectivity index (χ1n) is 6.08. The molecule has 0 aliphatic carbocycles. The molecule has 0 aliphatic heterocycles. The van der Waals surface area contributed by atoms with Crippen LogP contribution in [0.5, 0.6) is 0 Å². The molecule has 0 spiro atoms. The van der Waals surface area contributed by atoms with Crippen LogP contribution in [-0.4, -0.2) is 0 Å². The van der Waals surface area contributed by atoms with Crippen LogP contribution in [0, 0.1) is 12.7 Å². The topological polar surface area (TPSA) is 26.0 Å². The molecule has 0 saturated heterocycles. The first kappa shape index (κ1) is 15.8. The highest BCUT2D eigenvalue weighted by atomic mass is 35.5. The molecule has 0 aliphatic rings. The van der Waals surface area contributed by atoms with Gasteiger partial charge in [0, 0.05) is 10.6 Å². The molecule has 0 heterocycles. The summed E-state index contributed by atoms with van der Waals surface area (Å²) in [7, 11) is 0. The van der Waals surface area contributed by atoms with Crippen LogP contribution in [0.25, 0.3) is 0 Å². The van der Waals surface area contributed by atoms with Gasteiger partial charge >= 0.3 is 6.18 Å². The monoisotopic (exact) mass is 317 g/mol. The van der Waals surface area contributed by atoms with E-state index in [9.17, 15) is 17.6 Å². The maximum atomic E-state index is 13.8. The van der Waals surface area contributed by atoms with E-state index in [0.29, 0.717) is 11.1 Å².